The van der Waals surface area contributed by atoms with Gasteiger partial charge in [-0.2, -0.15) is 0 Å². The van der Waals surface area contributed by atoms with E-state index in [9.17, 15) is 9.59 Å². The summed E-state index contributed by atoms with van der Waals surface area (Å²) in [5.74, 6) is -0.303. The molecule has 1 saturated heterocycles. The number of aryl methyl sites for hydroxylation is 1. The van der Waals surface area contributed by atoms with E-state index in [-0.39, 0.29) is 18.2 Å². The van der Waals surface area contributed by atoms with Crippen LogP contribution in [0.15, 0.2) is 54.6 Å². The molecule has 1 aliphatic heterocycles. The number of carbonyl (C=O) groups excluding carboxylic acids is 2. The van der Waals surface area contributed by atoms with Gasteiger partial charge in [0.05, 0.1) is 18.2 Å². The molecule has 2 amide bonds. The fourth-order valence-corrected chi connectivity index (χ4v) is 2.79. The maximum Gasteiger partial charge on any atom is 0.251 e. The van der Waals surface area contributed by atoms with Crippen LogP contribution < -0.4 is 10.2 Å². The first-order valence-electron chi connectivity index (χ1n) is 7.86. The molecule has 1 N–H and O–H groups in total. The molecule has 4 nitrogen and oxygen atoms in total. The summed E-state index contributed by atoms with van der Waals surface area (Å²) in [6.07, 6.45) is 1.06. The molecular weight excluding hydrogens is 288 g/mol. The van der Waals surface area contributed by atoms with Crippen molar-refractivity contribution in [2.45, 2.75) is 25.8 Å². The average Bonchev–Trinajstić information content (AvgIpc) is 2.84. The molecule has 0 unspecified atom stereocenters. The van der Waals surface area contributed by atoms with Gasteiger partial charge in [-0.05, 0) is 37.6 Å². The second kappa shape index (κ2) is 6.75. The van der Waals surface area contributed by atoms with Crippen LogP contribution in [0.2, 0.25) is 0 Å². The van der Waals surface area contributed by atoms with Gasteiger partial charge >= 0.3 is 0 Å². The molecular formula is C19H20N2O2. The molecule has 1 heterocycles. The molecule has 118 valence electrons. The molecule has 0 aliphatic carbocycles. The number of hydrogen-bond donors (Lipinski definition) is 1. The molecule has 1 atom stereocenters. The Bertz CT molecular complexity index is 695. The molecule has 0 spiro atoms. The minimum absolute atomic E-state index is 0.143. The number of hydrogen-bond acceptors (Lipinski definition) is 3. The Morgan fingerprint density at radius 1 is 1.04 bits per heavy atom. The van der Waals surface area contributed by atoms with Crippen LogP contribution >= 0.6 is 0 Å². The van der Waals surface area contributed by atoms with E-state index in [1.54, 1.807) is 0 Å². The summed E-state index contributed by atoms with van der Waals surface area (Å²) in [7, 11) is 0. The van der Waals surface area contributed by atoms with Crippen LogP contribution in [0.3, 0.4) is 0 Å². The highest BCUT2D eigenvalue weighted by atomic mass is 16.2. The van der Waals surface area contributed by atoms with Gasteiger partial charge < -0.3 is 5.32 Å². The normalized spacial score (nSPS) is 17.8. The summed E-state index contributed by atoms with van der Waals surface area (Å²) in [6, 6.07) is 17.1. The number of amides is 2. The highest BCUT2D eigenvalue weighted by Gasteiger charge is 2.38. The Kier molecular flexibility index (Phi) is 4.53. The second-order valence-corrected chi connectivity index (χ2v) is 5.85. The molecule has 1 fully saturated rings. The smallest absolute Gasteiger partial charge is 0.251 e. The Morgan fingerprint density at radius 2 is 1.74 bits per heavy atom. The Labute approximate surface area is 136 Å². The Balaban J connectivity index is 1.61. The standard InChI is InChI=1S/C19H20N2O2/c1-14-7-9-16(10-8-14)21-18(22)13-17(19(21)23)20-12-11-15-5-3-2-4-6-15/h2-10,17,20H,11-13H2,1H3/t17-/m1/s1. The van der Waals surface area contributed by atoms with Crippen LogP contribution in [-0.2, 0) is 16.0 Å². The van der Waals surface area contributed by atoms with Gasteiger partial charge in [0.15, 0.2) is 0 Å². The molecule has 0 bridgehead atoms. The summed E-state index contributed by atoms with van der Waals surface area (Å²) in [5.41, 5.74) is 2.97. The van der Waals surface area contributed by atoms with Gasteiger partial charge in [0.2, 0.25) is 5.91 Å². The van der Waals surface area contributed by atoms with E-state index < -0.39 is 6.04 Å². The molecule has 3 rings (SSSR count). The predicted molar refractivity (Wildman–Crippen MR) is 90.2 cm³/mol. The van der Waals surface area contributed by atoms with Crippen molar-refractivity contribution < 1.29 is 9.59 Å². The maximum absolute atomic E-state index is 12.5. The van der Waals surface area contributed by atoms with Gasteiger partial charge in [-0.15, -0.1) is 0 Å². The quantitative estimate of drug-likeness (QED) is 0.863. The van der Waals surface area contributed by atoms with Crippen LogP contribution in [0.4, 0.5) is 5.69 Å². The van der Waals surface area contributed by atoms with Crippen molar-refractivity contribution in [2.75, 3.05) is 11.4 Å². The fourth-order valence-electron chi connectivity index (χ4n) is 2.79. The van der Waals surface area contributed by atoms with Crippen LogP contribution in [0.5, 0.6) is 0 Å². The second-order valence-electron chi connectivity index (χ2n) is 5.85. The number of nitrogens with zero attached hydrogens (tertiary/aromatic N) is 1. The van der Waals surface area contributed by atoms with Crippen molar-refractivity contribution in [1.29, 1.82) is 0 Å². The Morgan fingerprint density at radius 3 is 2.43 bits per heavy atom. The first kappa shape index (κ1) is 15.4. The largest absolute Gasteiger partial charge is 0.305 e. The van der Waals surface area contributed by atoms with Gasteiger partial charge in [-0.1, -0.05) is 48.0 Å². The zero-order valence-corrected chi connectivity index (χ0v) is 13.2. The third-order valence-corrected chi connectivity index (χ3v) is 4.09. The number of rotatable bonds is 5. The SMILES string of the molecule is Cc1ccc(N2C(=O)C[C@@H](NCCc3ccccc3)C2=O)cc1. The van der Waals surface area contributed by atoms with Gasteiger partial charge in [0, 0.05) is 0 Å². The summed E-state index contributed by atoms with van der Waals surface area (Å²) in [5, 5.41) is 3.21. The van der Waals surface area contributed by atoms with Gasteiger partial charge in [-0.25, -0.2) is 4.90 Å². The van der Waals surface area contributed by atoms with Crippen LogP contribution in [0.1, 0.15) is 17.5 Å². The van der Waals surface area contributed by atoms with Crippen LogP contribution in [0.25, 0.3) is 0 Å². The highest BCUT2D eigenvalue weighted by Crippen LogP contribution is 2.23. The number of imide groups is 1. The topological polar surface area (TPSA) is 49.4 Å². The number of nitrogens with one attached hydrogen (secondary N) is 1. The first-order valence-corrected chi connectivity index (χ1v) is 7.86. The zero-order chi connectivity index (χ0) is 16.2. The zero-order valence-electron chi connectivity index (χ0n) is 13.2. The van der Waals surface area contributed by atoms with Crippen molar-refractivity contribution in [3.63, 3.8) is 0 Å². The van der Waals surface area contributed by atoms with Crippen molar-refractivity contribution >= 4 is 17.5 Å². The van der Waals surface area contributed by atoms with E-state index in [0.29, 0.717) is 12.2 Å². The number of benzene rings is 2. The minimum atomic E-state index is -0.424. The van der Waals surface area contributed by atoms with Crippen molar-refractivity contribution in [3.8, 4) is 0 Å². The molecule has 0 saturated carbocycles. The third-order valence-electron chi connectivity index (χ3n) is 4.09. The third kappa shape index (κ3) is 3.48. The summed E-state index contributed by atoms with van der Waals surface area (Å²) in [6.45, 7) is 2.65. The van der Waals surface area contributed by atoms with Crippen molar-refractivity contribution in [3.05, 3.63) is 65.7 Å². The molecule has 1 aliphatic rings. The van der Waals surface area contributed by atoms with E-state index in [0.717, 1.165) is 12.0 Å². The highest BCUT2D eigenvalue weighted by molar-refractivity contribution is 6.22. The molecule has 4 heteroatoms. The van der Waals surface area contributed by atoms with E-state index in [1.807, 2.05) is 49.4 Å². The number of carbonyl (C=O) groups is 2. The van der Waals surface area contributed by atoms with Crippen LogP contribution in [0, 0.1) is 6.92 Å². The lowest BCUT2D eigenvalue weighted by molar-refractivity contribution is -0.121. The fraction of sp³-hybridized carbons (Fsp3) is 0.263. The van der Waals surface area contributed by atoms with E-state index in [1.165, 1.54) is 10.5 Å². The van der Waals surface area contributed by atoms with Gasteiger partial charge in [-0.3, -0.25) is 9.59 Å². The van der Waals surface area contributed by atoms with E-state index >= 15 is 0 Å². The molecule has 0 aromatic heterocycles. The van der Waals surface area contributed by atoms with Gasteiger partial charge in [0.25, 0.3) is 5.91 Å². The van der Waals surface area contributed by atoms with Crippen molar-refractivity contribution in [1.82, 2.24) is 5.32 Å². The average molecular weight is 308 g/mol. The summed E-state index contributed by atoms with van der Waals surface area (Å²) in [4.78, 5) is 26.0. The van der Waals surface area contributed by atoms with Crippen LogP contribution in [-0.4, -0.2) is 24.4 Å². The molecule has 2 aromatic carbocycles. The molecule has 23 heavy (non-hydrogen) atoms. The summed E-state index contributed by atoms with van der Waals surface area (Å²) < 4.78 is 0. The van der Waals surface area contributed by atoms with E-state index in [2.05, 4.69) is 17.4 Å². The number of anilines is 1. The maximum atomic E-state index is 12.5. The monoisotopic (exact) mass is 308 g/mol. The lowest BCUT2D eigenvalue weighted by Crippen LogP contribution is -2.39. The van der Waals surface area contributed by atoms with Gasteiger partial charge in [0.1, 0.15) is 0 Å². The molecule has 2 aromatic rings. The first-order chi connectivity index (χ1) is 11.1. The van der Waals surface area contributed by atoms with Crippen molar-refractivity contribution in [2.24, 2.45) is 0 Å². The van der Waals surface area contributed by atoms with E-state index in [4.69, 9.17) is 0 Å². The lowest BCUT2D eigenvalue weighted by Gasteiger charge is -2.15. The summed E-state index contributed by atoms with van der Waals surface area (Å²) >= 11 is 0. The lowest BCUT2D eigenvalue weighted by atomic mass is 10.1. The Hall–Kier alpha value is -2.46. The molecule has 0 radical (unpaired) electrons. The minimum Gasteiger partial charge on any atom is -0.305 e. The predicted octanol–water partition coefficient (Wildman–Crippen LogP) is 2.46.